The summed E-state index contributed by atoms with van der Waals surface area (Å²) in [5, 5.41) is 10.1. The summed E-state index contributed by atoms with van der Waals surface area (Å²) in [5.41, 5.74) is 0.482. The Balaban J connectivity index is 2.86. The van der Waals surface area contributed by atoms with Crippen molar-refractivity contribution in [1.82, 2.24) is 9.97 Å². The minimum absolute atomic E-state index is 0.0220. The second-order valence-electron chi connectivity index (χ2n) is 3.73. The number of aromatic amines is 1. The van der Waals surface area contributed by atoms with Crippen LogP contribution in [0.15, 0.2) is 33.0 Å². The van der Waals surface area contributed by atoms with Crippen LogP contribution in [0.2, 0.25) is 5.02 Å². The molecule has 0 aliphatic rings. The zero-order valence-electron chi connectivity index (χ0n) is 10.7. The molecule has 0 aliphatic heterocycles. The molecule has 0 atom stereocenters. The van der Waals surface area contributed by atoms with Crippen LogP contribution in [-0.4, -0.2) is 22.5 Å². The molecule has 0 spiro atoms. The molecule has 0 bridgehead atoms. The van der Waals surface area contributed by atoms with Crippen molar-refractivity contribution in [2.24, 2.45) is 0 Å². The van der Waals surface area contributed by atoms with Gasteiger partial charge in [-0.2, -0.15) is 5.26 Å². The average molecular weight is 324 g/mol. The topological polar surface area (TPSA) is 69.5 Å². The Labute approximate surface area is 129 Å². The predicted octanol–water partition coefficient (Wildman–Crippen LogP) is 3.41. The largest absolute Gasteiger partial charge is 0.300 e. The van der Waals surface area contributed by atoms with Crippen molar-refractivity contribution >= 4 is 35.1 Å². The maximum Gasteiger partial charge on any atom is 0.270 e. The summed E-state index contributed by atoms with van der Waals surface area (Å²) in [6.07, 6.45) is 3.71. The van der Waals surface area contributed by atoms with Gasteiger partial charge in [0.15, 0.2) is 5.16 Å². The maximum absolute atomic E-state index is 12.0. The zero-order valence-corrected chi connectivity index (χ0v) is 13.1. The number of rotatable bonds is 3. The predicted molar refractivity (Wildman–Crippen MR) is 83.6 cm³/mol. The summed E-state index contributed by atoms with van der Waals surface area (Å²) < 4.78 is 0. The lowest BCUT2D eigenvalue weighted by Gasteiger charge is -2.10. The molecule has 0 fully saturated rings. The van der Waals surface area contributed by atoms with Gasteiger partial charge in [0.25, 0.3) is 5.56 Å². The van der Waals surface area contributed by atoms with E-state index in [1.807, 2.05) is 24.5 Å². The van der Waals surface area contributed by atoms with E-state index in [9.17, 15) is 10.1 Å². The number of nitriles is 1. The molecule has 2 rings (SSSR count). The zero-order chi connectivity index (χ0) is 14.7. The van der Waals surface area contributed by atoms with Gasteiger partial charge in [0.05, 0.1) is 10.7 Å². The van der Waals surface area contributed by atoms with E-state index in [1.54, 1.807) is 12.3 Å². The highest BCUT2D eigenvalue weighted by Crippen LogP contribution is 2.36. The molecule has 0 saturated carbocycles. The monoisotopic (exact) mass is 323 g/mol. The quantitative estimate of drug-likeness (QED) is 0.692. The molecular formula is C13H10ClN3OS2. The smallest absolute Gasteiger partial charge is 0.270 e. The lowest BCUT2D eigenvalue weighted by Crippen LogP contribution is -2.15. The van der Waals surface area contributed by atoms with Gasteiger partial charge in [-0.3, -0.25) is 4.79 Å². The summed E-state index contributed by atoms with van der Waals surface area (Å²) in [6.45, 7) is 0. The number of aromatic nitrogens is 2. The van der Waals surface area contributed by atoms with E-state index in [0.717, 1.165) is 4.90 Å². The van der Waals surface area contributed by atoms with Crippen molar-refractivity contribution in [3.63, 3.8) is 0 Å². The number of nitrogens with one attached hydrogen (secondary N) is 1. The molecule has 20 heavy (non-hydrogen) atoms. The third-order valence-corrected chi connectivity index (χ3v) is 4.31. The molecule has 2 aromatic rings. The van der Waals surface area contributed by atoms with E-state index in [4.69, 9.17) is 11.6 Å². The average Bonchev–Trinajstić information content (AvgIpc) is 2.46. The van der Waals surface area contributed by atoms with Crippen molar-refractivity contribution in [3.8, 4) is 17.3 Å². The van der Waals surface area contributed by atoms with Crippen LogP contribution in [0.3, 0.4) is 0 Å². The van der Waals surface area contributed by atoms with Crippen molar-refractivity contribution in [3.05, 3.63) is 39.1 Å². The SMILES string of the molecule is CSc1nc(-c2c(Cl)cccc2SC)c(C#N)c(=O)[nH]1. The van der Waals surface area contributed by atoms with Gasteiger partial charge in [0.1, 0.15) is 11.6 Å². The fraction of sp³-hybridized carbons (Fsp3) is 0.154. The van der Waals surface area contributed by atoms with E-state index in [0.29, 0.717) is 21.4 Å². The molecule has 1 N–H and O–H groups in total. The van der Waals surface area contributed by atoms with Crippen LogP contribution >= 0.6 is 35.1 Å². The van der Waals surface area contributed by atoms with E-state index in [2.05, 4.69) is 9.97 Å². The standard InChI is InChI=1S/C13H10ClN3OS2/c1-19-9-5-3-4-8(14)10(9)11-7(6-15)12(18)17-13(16-11)20-2/h3-5H,1-2H3,(H,16,17,18). The molecule has 0 amide bonds. The number of H-pyrrole nitrogens is 1. The first-order chi connectivity index (χ1) is 9.62. The van der Waals surface area contributed by atoms with Gasteiger partial charge in [-0.1, -0.05) is 29.4 Å². The first-order valence-electron chi connectivity index (χ1n) is 5.53. The normalized spacial score (nSPS) is 10.3. The Morgan fingerprint density at radius 1 is 1.35 bits per heavy atom. The Kier molecular flexibility index (Phi) is 4.76. The Hall–Kier alpha value is -1.42. The molecule has 102 valence electrons. The van der Waals surface area contributed by atoms with Crippen LogP contribution in [0, 0.1) is 11.3 Å². The van der Waals surface area contributed by atoms with Crippen LogP contribution in [0.25, 0.3) is 11.3 Å². The van der Waals surface area contributed by atoms with Crippen molar-refractivity contribution in [1.29, 1.82) is 5.26 Å². The van der Waals surface area contributed by atoms with Crippen LogP contribution in [0.5, 0.6) is 0 Å². The van der Waals surface area contributed by atoms with Gasteiger partial charge in [0, 0.05) is 10.5 Å². The van der Waals surface area contributed by atoms with Gasteiger partial charge in [-0.15, -0.1) is 11.8 Å². The number of thioether (sulfide) groups is 2. The summed E-state index contributed by atoms with van der Waals surface area (Å²) in [7, 11) is 0. The first kappa shape index (κ1) is 15.0. The molecule has 0 aliphatic carbocycles. The minimum Gasteiger partial charge on any atom is -0.300 e. The van der Waals surface area contributed by atoms with Crippen molar-refractivity contribution in [2.45, 2.75) is 10.1 Å². The summed E-state index contributed by atoms with van der Waals surface area (Å²) in [4.78, 5) is 19.7. The Bertz CT molecular complexity index is 752. The molecule has 0 saturated heterocycles. The third kappa shape index (κ3) is 2.70. The van der Waals surface area contributed by atoms with Gasteiger partial charge >= 0.3 is 0 Å². The fourth-order valence-electron chi connectivity index (χ4n) is 1.74. The molecule has 1 heterocycles. The molecule has 7 heteroatoms. The molecule has 0 unspecified atom stereocenters. The van der Waals surface area contributed by atoms with Gasteiger partial charge in [-0.05, 0) is 24.6 Å². The van der Waals surface area contributed by atoms with Gasteiger partial charge in [0.2, 0.25) is 0 Å². The number of nitrogens with zero attached hydrogens (tertiary/aromatic N) is 2. The summed E-state index contributed by atoms with van der Waals surface area (Å²) >= 11 is 9.03. The molecule has 4 nitrogen and oxygen atoms in total. The second kappa shape index (κ2) is 6.35. The Morgan fingerprint density at radius 3 is 2.70 bits per heavy atom. The lowest BCUT2D eigenvalue weighted by molar-refractivity contribution is 0.935. The van der Waals surface area contributed by atoms with Gasteiger partial charge in [-0.25, -0.2) is 4.98 Å². The second-order valence-corrected chi connectivity index (χ2v) is 5.78. The Morgan fingerprint density at radius 2 is 2.10 bits per heavy atom. The molecule has 1 aromatic heterocycles. The fourth-order valence-corrected chi connectivity index (χ4v) is 3.06. The van der Waals surface area contributed by atoms with Crippen LogP contribution < -0.4 is 5.56 Å². The maximum atomic E-state index is 12.0. The third-order valence-electron chi connectivity index (χ3n) is 2.63. The lowest BCUT2D eigenvalue weighted by atomic mass is 10.1. The molecular weight excluding hydrogens is 314 g/mol. The number of halogens is 1. The summed E-state index contributed by atoms with van der Waals surface area (Å²) in [6, 6.07) is 7.34. The highest BCUT2D eigenvalue weighted by Gasteiger charge is 2.18. The summed E-state index contributed by atoms with van der Waals surface area (Å²) in [5.74, 6) is 0. The van der Waals surface area contributed by atoms with Gasteiger partial charge < -0.3 is 4.98 Å². The molecule has 0 radical (unpaired) electrons. The van der Waals surface area contributed by atoms with E-state index >= 15 is 0 Å². The highest BCUT2D eigenvalue weighted by atomic mass is 35.5. The van der Waals surface area contributed by atoms with Crippen LogP contribution in [0.4, 0.5) is 0 Å². The number of hydrogen-bond acceptors (Lipinski definition) is 5. The number of benzene rings is 1. The van der Waals surface area contributed by atoms with E-state index in [1.165, 1.54) is 23.5 Å². The van der Waals surface area contributed by atoms with E-state index in [-0.39, 0.29) is 5.56 Å². The van der Waals surface area contributed by atoms with E-state index < -0.39 is 5.56 Å². The van der Waals surface area contributed by atoms with Crippen molar-refractivity contribution in [2.75, 3.05) is 12.5 Å². The number of hydrogen-bond donors (Lipinski definition) is 1. The van der Waals surface area contributed by atoms with Crippen LogP contribution in [0.1, 0.15) is 5.56 Å². The minimum atomic E-state index is -0.450. The molecule has 1 aromatic carbocycles. The first-order valence-corrected chi connectivity index (χ1v) is 8.36. The van der Waals surface area contributed by atoms with Crippen LogP contribution in [-0.2, 0) is 0 Å². The van der Waals surface area contributed by atoms with Crippen molar-refractivity contribution < 1.29 is 0 Å². The highest BCUT2D eigenvalue weighted by molar-refractivity contribution is 7.98.